The van der Waals surface area contributed by atoms with E-state index < -0.39 is 0 Å². The van der Waals surface area contributed by atoms with E-state index in [-0.39, 0.29) is 0 Å². The summed E-state index contributed by atoms with van der Waals surface area (Å²) < 4.78 is 11.1. The zero-order chi connectivity index (χ0) is 14.7. The minimum atomic E-state index is 0.687. The van der Waals surface area contributed by atoms with Gasteiger partial charge < -0.3 is 15.2 Å². The van der Waals surface area contributed by atoms with E-state index in [0.717, 1.165) is 35.1 Å². The van der Waals surface area contributed by atoms with Crippen molar-refractivity contribution in [2.75, 3.05) is 32.4 Å². The largest absolute Gasteiger partial charge is 0.496 e. The zero-order valence-electron chi connectivity index (χ0n) is 12.3. The van der Waals surface area contributed by atoms with Gasteiger partial charge in [0.15, 0.2) is 0 Å². The monoisotopic (exact) mass is 306 g/mol. The molecule has 0 bridgehead atoms. The minimum Gasteiger partial charge on any atom is -0.496 e. The van der Waals surface area contributed by atoms with Crippen molar-refractivity contribution < 1.29 is 15.2 Å². The SMILES string of the molecule is CCOc1cc(SCC)c(OC)cc1CC[NH3+].CCl. The molecular formula is C14H25ClNO2S+. The molecule has 0 atom stereocenters. The Labute approximate surface area is 125 Å². The van der Waals surface area contributed by atoms with E-state index >= 15 is 0 Å². The predicted octanol–water partition coefficient (Wildman–Crippen LogP) is 2.85. The van der Waals surface area contributed by atoms with Crippen LogP contribution >= 0.6 is 23.4 Å². The number of alkyl halides is 1. The fourth-order valence-electron chi connectivity index (χ4n) is 1.69. The first-order chi connectivity index (χ1) is 9.26. The number of quaternary nitrogens is 1. The first kappa shape index (κ1) is 18.4. The molecular weight excluding hydrogens is 282 g/mol. The van der Waals surface area contributed by atoms with Crippen LogP contribution in [0.2, 0.25) is 0 Å². The second kappa shape index (κ2) is 11.3. The summed E-state index contributed by atoms with van der Waals surface area (Å²) in [5.74, 6) is 2.92. The highest BCUT2D eigenvalue weighted by Crippen LogP contribution is 2.35. The third kappa shape index (κ3) is 5.93. The summed E-state index contributed by atoms with van der Waals surface area (Å²) in [4.78, 5) is 1.14. The van der Waals surface area contributed by atoms with Crippen LogP contribution in [0.4, 0.5) is 0 Å². The lowest BCUT2D eigenvalue weighted by molar-refractivity contribution is -0.366. The summed E-state index contributed by atoms with van der Waals surface area (Å²) in [5, 5.41) is 0. The van der Waals surface area contributed by atoms with Gasteiger partial charge in [-0.05, 0) is 24.8 Å². The van der Waals surface area contributed by atoms with Gasteiger partial charge >= 0.3 is 0 Å². The van der Waals surface area contributed by atoms with Crippen LogP contribution < -0.4 is 15.2 Å². The van der Waals surface area contributed by atoms with Gasteiger partial charge in [0.05, 0.1) is 25.2 Å². The topological polar surface area (TPSA) is 46.1 Å². The van der Waals surface area contributed by atoms with Gasteiger partial charge in [-0.1, -0.05) is 6.92 Å². The maximum atomic E-state index is 5.68. The summed E-state index contributed by atoms with van der Waals surface area (Å²) in [6.07, 6.45) is 2.39. The summed E-state index contributed by atoms with van der Waals surface area (Å²) >= 11 is 6.41. The molecule has 110 valence electrons. The van der Waals surface area contributed by atoms with Crippen molar-refractivity contribution in [1.29, 1.82) is 0 Å². The Balaban J connectivity index is 0.00000154. The van der Waals surface area contributed by atoms with E-state index in [2.05, 4.69) is 36.4 Å². The molecule has 5 heteroatoms. The van der Waals surface area contributed by atoms with Crippen LogP contribution in [-0.4, -0.2) is 32.4 Å². The Bertz CT molecular complexity index is 362. The minimum absolute atomic E-state index is 0.687. The van der Waals surface area contributed by atoms with Crippen molar-refractivity contribution in [2.24, 2.45) is 0 Å². The third-order valence-corrected chi connectivity index (χ3v) is 3.31. The van der Waals surface area contributed by atoms with Gasteiger partial charge in [-0.15, -0.1) is 23.4 Å². The second-order valence-corrected chi connectivity index (χ2v) is 4.89. The maximum absolute atomic E-state index is 5.68. The number of hydrogen-bond donors (Lipinski definition) is 1. The average Bonchev–Trinajstić information content (AvgIpc) is 2.44. The lowest BCUT2D eigenvalue weighted by Gasteiger charge is -2.14. The molecule has 1 aromatic rings. The zero-order valence-corrected chi connectivity index (χ0v) is 13.9. The van der Waals surface area contributed by atoms with Gasteiger partial charge in [-0.25, -0.2) is 0 Å². The fourth-order valence-corrected chi connectivity index (χ4v) is 2.47. The number of methoxy groups -OCH3 is 1. The Morgan fingerprint density at radius 2 is 1.89 bits per heavy atom. The molecule has 1 rings (SSSR count). The van der Waals surface area contributed by atoms with Crippen LogP contribution in [-0.2, 0) is 6.42 Å². The Morgan fingerprint density at radius 3 is 2.37 bits per heavy atom. The van der Waals surface area contributed by atoms with Crippen molar-refractivity contribution in [3.05, 3.63) is 17.7 Å². The van der Waals surface area contributed by atoms with E-state index in [1.807, 2.05) is 6.92 Å². The number of benzene rings is 1. The number of halogens is 1. The molecule has 0 saturated carbocycles. The lowest BCUT2D eigenvalue weighted by atomic mass is 10.1. The molecule has 3 nitrogen and oxygen atoms in total. The van der Waals surface area contributed by atoms with Crippen molar-refractivity contribution in [3.63, 3.8) is 0 Å². The highest BCUT2D eigenvalue weighted by atomic mass is 35.5. The molecule has 0 aliphatic rings. The van der Waals surface area contributed by atoms with Gasteiger partial charge in [0.1, 0.15) is 11.5 Å². The average molecular weight is 307 g/mol. The van der Waals surface area contributed by atoms with Crippen LogP contribution in [0.1, 0.15) is 19.4 Å². The maximum Gasteiger partial charge on any atom is 0.132 e. The quantitative estimate of drug-likeness (QED) is 0.622. The molecule has 0 radical (unpaired) electrons. The van der Waals surface area contributed by atoms with E-state index in [0.29, 0.717) is 6.61 Å². The van der Waals surface area contributed by atoms with Crippen LogP contribution in [0.15, 0.2) is 17.0 Å². The summed E-state index contributed by atoms with van der Waals surface area (Å²) in [5.41, 5.74) is 5.07. The molecule has 3 N–H and O–H groups in total. The smallest absolute Gasteiger partial charge is 0.132 e. The fraction of sp³-hybridized carbons (Fsp3) is 0.571. The van der Waals surface area contributed by atoms with Gasteiger partial charge in [0.2, 0.25) is 0 Å². The van der Waals surface area contributed by atoms with Gasteiger partial charge in [-0.2, -0.15) is 0 Å². The van der Waals surface area contributed by atoms with Crippen molar-refractivity contribution >= 4 is 23.4 Å². The highest BCUT2D eigenvalue weighted by Gasteiger charge is 2.11. The molecule has 0 aromatic heterocycles. The molecule has 0 saturated heterocycles. The summed E-state index contributed by atoms with van der Waals surface area (Å²) in [6.45, 7) is 5.69. The predicted molar refractivity (Wildman–Crippen MR) is 83.8 cm³/mol. The van der Waals surface area contributed by atoms with Crippen molar-refractivity contribution in [1.82, 2.24) is 0 Å². The van der Waals surface area contributed by atoms with Crippen molar-refractivity contribution in [3.8, 4) is 11.5 Å². The summed E-state index contributed by atoms with van der Waals surface area (Å²) in [7, 11) is 1.71. The van der Waals surface area contributed by atoms with Gasteiger partial charge in [-0.3, -0.25) is 0 Å². The molecule has 0 aliphatic carbocycles. The molecule has 0 fully saturated rings. The molecule has 0 spiro atoms. The van der Waals surface area contributed by atoms with E-state index in [1.165, 1.54) is 11.9 Å². The molecule has 1 aromatic carbocycles. The van der Waals surface area contributed by atoms with Gasteiger partial charge in [0.25, 0.3) is 0 Å². The second-order valence-electron chi connectivity index (χ2n) is 3.58. The van der Waals surface area contributed by atoms with E-state index in [9.17, 15) is 0 Å². The molecule has 0 aliphatic heterocycles. The normalized spacial score (nSPS) is 9.58. The number of thioether (sulfide) groups is 1. The van der Waals surface area contributed by atoms with Crippen LogP contribution in [0.25, 0.3) is 0 Å². The van der Waals surface area contributed by atoms with E-state index in [1.54, 1.807) is 18.9 Å². The first-order valence-corrected chi connectivity index (χ1v) is 8.14. The number of ether oxygens (including phenoxy) is 2. The van der Waals surface area contributed by atoms with Crippen LogP contribution in [0.5, 0.6) is 11.5 Å². The van der Waals surface area contributed by atoms with Crippen molar-refractivity contribution in [2.45, 2.75) is 25.2 Å². The molecule has 0 unspecified atom stereocenters. The highest BCUT2D eigenvalue weighted by molar-refractivity contribution is 7.99. The summed E-state index contributed by atoms with van der Waals surface area (Å²) in [6, 6.07) is 4.16. The number of hydrogen-bond acceptors (Lipinski definition) is 3. The van der Waals surface area contributed by atoms with Gasteiger partial charge in [0, 0.05) is 18.4 Å². The van der Waals surface area contributed by atoms with Crippen LogP contribution in [0.3, 0.4) is 0 Å². The molecule has 19 heavy (non-hydrogen) atoms. The first-order valence-electron chi connectivity index (χ1n) is 6.40. The Morgan fingerprint density at radius 1 is 1.21 bits per heavy atom. The standard InChI is InChI=1S/C13H21NO2S.CH3Cl/c1-4-16-11-9-13(17-5-2)12(15-3)8-10(11)6-7-14;1-2/h8-9H,4-7,14H2,1-3H3;1H3/p+1. The lowest BCUT2D eigenvalue weighted by Crippen LogP contribution is -2.51. The Kier molecular flexibility index (Phi) is 10.9. The van der Waals surface area contributed by atoms with Crippen LogP contribution in [0, 0.1) is 0 Å². The number of rotatable bonds is 7. The molecule has 0 heterocycles. The van der Waals surface area contributed by atoms with E-state index in [4.69, 9.17) is 9.47 Å². The molecule has 0 amide bonds. The third-order valence-electron chi connectivity index (χ3n) is 2.39. The Hall–Kier alpha value is -0.580.